The summed E-state index contributed by atoms with van der Waals surface area (Å²) in [5.41, 5.74) is 1.22. The predicted octanol–water partition coefficient (Wildman–Crippen LogP) is 4.03. The van der Waals surface area contributed by atoms with Crippen LogP contribution in [-0.4, -0.2) is 34.7 Å². The second-order valence-corrected chi connectivity index (χ2v) is 7.45. The van der Waals surface area contributed by atoms with E-state index in [2.05, 4.69) is 27.2 Å². The molecule has 1 aliphatic heterocycles. The van der Waals surface area contributed by atoms with Gasteiger partial charge in [0, 0.05) is 13.1 Å². The molecule has 2 fully saturated rings. The molecule has 4 rings (SSSR count). The zero-order valence-corrected chi connectivity index (χ0v) is 14.4. The number of likely N-dealkylation sites (tertiary alicyclic amines) is 1. The molecule has 4 heteroatoms. The highest BCUT2D eigenvalue weighted by Crippen LogP contribution is 2.30. The Balaban J connectivity index is 1.32. The van der Waals surface area contributed by atoms with Crippen molar-refractivity contribution < 1.29 is 4.42 Å². The summed E-state index contributed by atoms with van der Waals surface area (Å²) in [5.74, 6) is 2.91. The van der Waals surface area contributed by atoms with Crippen LogP contribution in [0.2, 0.25) is 0 Å². The molecule has 1 saturated heterocycles. The fraction of sp³-hybridized carbons (Fsp3) is 0.600. The standard InChI is InChI=1S/C20H27N3O/c1-3-7-16(8-4-1)13-19-21-22-20(24-19)18-11-12-23(15-18)14-17-9-5-2-6-10-17/h1,3-4,7-8,17-18H,2,5-6,9-15H2/t18-/m0/s1. The Morgan fingerprint density at radius 1 is 1.00 bits per heavy atom. The van der Waals surface area contributed by atoms with Crippen molar-refractivity contribution >= 4 is 0 Å². The number of benzene rings is 1. The number of hydrogen-bond donors (Lipinski definition) is 0. The first-order valence-corrected chi connectivity index (χ1v) is 9.45. The highest BCUT2D eigenvalue weighted by molar-refractivity contribution is 5.17. The Bertz CT molecular complexity index is 633. The molecule has 1 aromatic heterocycles. The average molecular weight is 325 g/mol. The van der Waals surface area contributed by atoms with Crippen molar-refractivity contribution in [2.24, 2.45) is 5.92 Å². The van der Waals surface area contributed by atoms with E-state index in [0.29, 0.717) is 5.92 Å². The summed E-state index contributed by atoms with van der Waals surface area (Å²) in [6.07, 6.45) is 9.01. The van der Waals surface area contributed by atoms with E-state index >= 15 is 0 Å². The first-order chi connectivity index (χ1) is 11.9. The number of aromatic nitrogens is 2. The molecule has 0 N–H and O–H groups in total. The summed E-state index contributed by atoms with van der Waals surface area (Å²) in [4.78, 5) is 2.61. The maximum absolute atomic E-state index is 5.96. The van der Waals surface area contributed by atoms with Crippen LogP contribution in [-0.2, 0) is 6.42 Å². The normalized spacial score (nSPS) is 22.9. The maximum atomic E-state index is 5.96. The minimum atomic E-state index is 0.422. The van der Waals surface area contributed by atoms with Crippen LogP contribution < -0.4 is 0 Å². The van der Waals surface area contributed by atoms with Gasteiger partial charge in [-0.3, -0.25) is 0 Å². The molecule has 2 aromatic rings. The van der Waals surface area contributed by atoms with Crippen LogP contribution in [0.15, 0.2) is 34.7 Å². The van der Waals surface area contributed by atoms with Crippen molar-refractivity contribution in [1.82, 2.24) is 15.1 Å². The topological polar surface area (TPSA) is 42.2 Å². The molecule has 2 aliphatic rings. The van der Waals surface area contributed by atoms with E-state index in [9.17, 15) is 0 Å². The molecule has 1 atom stereocenters. The van der Waals surface area contributed by atoms with Crippen molar-refractivity contribution in [2.45, 2.75) is 50.9 Å². The molecule has 1 aliphatic carbocycles. The molecule has 0 spiro atoms. The van der Waals surface area contributed by atoms with Gasteiger partial charge in [-0.15, -0.1) is 10.2 Å². The summed E-state index contributed by atoms with van der Waals surface area (Å²) in [6, 6.07) is 10.3. The third-order valence-corrected chi connectivity index (χ3v) is 5.54. The van der Waals surface area contributed by atoms with Gasteiger partial charge in [0.15, 0.2) is 0 Å². The van der Waals surface area contributed by atoms with E-state index in [1.54, 1.807) is 0 Å². The van der Waals surface area contributed by atoms with Crippen LogP contribution in [0.5, 0.6) is 0 Å². The van der Waals surface area contributed by atoms with Gasteiger partial charge in [0.1, 0.15) is 0 Å². The fourth-order valence-corrected chi connectivity index (χ4v) is 4.21. The van der Waals surface area contributed by atoms with Gasteiger partial charge in [-0.1, -0.05) is 49.6 Å². The SMILES string of the molecule is c1ccc(Cc2nnc([C@H]3CCN(CC4CCCCC4)C3)o2)cc1. The van der Waals surface area contributed by atoms with E-state index in [0.717, 1.165) is 37.1 Å². The van der Waals surface area contributed by atoms with Crippen LogP contribution in [0.4, 0.5) is 0 Å². The quantitative estimate of drug-likeness (QED) is 0.832. The van der Waals surface area contributed by atoms with Gasteiger partial charge in [-0.25, -0.2) is 0 Å². The molecule has 1 aromatic carbocycles. The molecule has 0 amide bonds. The molecular formula is C20H27N3O. The predicted molar refractivity (Wildman–Crippen MR) is 93.9 cm³/mol. The van der Waals surface area contributed by atoms with Crippen molar-refractivity contribution in [3.63, 3.8) is 0 Å². The molecule has 0 bridgehead atoms. The second kappa shape index (κ2) is 7.47. The van der Waals surface area contributed by atoms with Crippen LogP contribution in [0.3, 0.4) is 0 Å². The molecule has 0 unspecified atom stereocenters. The van der Waals surface area contributed by atoms with E-state index in [-0.39, 0.29) is 0 Å². The summed E-state index contributed by atoms with van der Waals surface area (Å²) in [6.45, 7) is 3.53. The van der Waals surface area contributed by atoms with Crippen LogP contribution in [0.1, 0.15) is 61.8 Å². The van der Waals surface area contributed by atoms with Gasteiger partial charge in [-0.2, -0.15) is 0 Å². The summed E-state index contributed by atoms with van der Waals surface area (Å²) >= 11 is 0. The monoisotopic (exact) mass is 325 g/mol. The summed E-state index contributed by atoms with van der Waals surface area (Å²) < 4.78 is 5.96. The third kappa shape index (κ3) is 3.86. The maximum Gasteiger partial charge on any atom is 0.220 e. The third-order valence-electron chi connectivity index (χ3n) is 5.54. The van der Waals surface area contributed by atoms with Gasteiger partial charge in [0.05, 0.1) is 12.3 Å². The van der Waals surface area contributed by atoms with E-state index in [4.69, 9.17) is 4.42 Å². The molecular weight excluding hydrogens is 298 g/mol. The zero-order valence-electron chi connectivity index (χ0n) is 14.4. The lowest BCUT2D eigenvalue weighted by molar-refractivity contribution is 0.230. The highest BCUT2D eigenvalue weighted by Gasteiger charge is 2.29. The molecule has 1 saturated carbocycles. The van der Waals surface area contributed by atoms with E-state index < -0.39 is 0 Å². The first-order valence-electron chi connectivity index (χ1n) is 9.45. The summed E-state index contributed by atoms with van der Waals surface area (Å²) in [7, 11) is 0. The largest absolute Gasteiger partial charge is 0.425 e. The molecule has 4 nitrogen and oxygen atoms in total. The van der Waals surface area contributed by atoms with Crippen molar-refractivity contribution in [1.29, 1.82) is 0 Å². The number of hydrogen-bond acceptors (Lipinski definition) is 4. The number of rotatable bonds is 5. The van der Waals surface area contributed by atoms with Gasteiger partial charge in [0.2, 0.25) is 11.8 Å². The van der Waals surface area contributed by atoms with Crippen molar-refractivity contribution in [2.75, 3.05) is 19.6 Å². The molecule has 24 heavy (non-hydrogen) atoms. The van der Waals surface area contributed by atoms with Gasteiger partial charge in [0.25, 0.3) is 0 Å². The Kier molecular flexibility index (Phi) is 4.93. The Morgan fingerprint density at radius 3 is 2.67 bits per heavy atom. The van der Waals surface area contributed by atoms with Crippen LogP contribution in [0, 0.1) is 5.92 Å². The lowest BCUT2D eigenvalue weighted by Gasteiger charge is -2.26. The highest BCUT2D eigenvalue weighted by atomic mass is 16.4. The Labute approximate surface area is 144 Å². The molecule has 128 valence electrons. The van der Waals surface area contributed by atoms with Crippen molar-refractivity contribution in [3.05, 3.63) is 47.7 Å². The van der Waals surface area contributed by atoms with Gasteiger partial charge in [-0.05, 0) is 37.3 Å². The Hall–Kier alpha value is -1.68. The van der Waals surface area contributed by atoms with Crippen LogP contribution in [0.25, 0.3) is 0 Å². The lowest BCUT2D eigenvalue weighted by atomic mass is 9.89. The van der Waals surface area contributed by atoms with E-state index in [1.807, 2.05) is 18.2 Å². The van der Waals surface area contributed by atoms with Gasteiger partial charge < -0.3 is 9.32 Å². The fourth-order valence-electron chi connectivity index (χ4n) is 4.21. The smallest absolute Gasteiger partial charge is 0.220 e. The van der Waals surface area contributed by atoms with Gasteiger partial charge >= 0.3 is 0 Å². The lowest BCUT2D eigenvalue weighted by Crippen LogP contribution is -2.28. The van der Waals surface area contributed by atoms with Crippen molar-refractivity contribution in [3.8, 4) is 0 Å². The minimum Gasteiger partial charge on any atom is -0.425 e. The van der Waals surface area contributed by atoms with Crippen LogP contribution >= 0.6 is 0 Å². The number of nitrogens with zero attached hydrogens (tertiary/aromatic N) is 3. The second-order valence-electron chi connectivity index (χ2n) is 7.45. The minimum absolute atomic E-state index is 0.422. The molecule has 0 radical (unpaired) electrons. The average Bonchev–Trinajstić information content (AvgIpc) is 3.26. The first kappa shape index (κ1) is 15.8. The summed E-state index contributed by atoms with van der Waals surface area (Å²) in [5, 5.41) is 8.59. The Morgan fingerprint density at radius 2 is 1.83 bits per heavy atom. The van der Waals surface area contributed by atoms with E-state index in [1.165, 1.54) is 50.8 Å². The molecule has 2 heterocycles. The zero-order chi connectivity index (χ0) is 16.2.